The quantitative estimate of drug-likeness (QED) is 0.864. The lowest BCUT2D eigenvalue weighted by molar-refractivity contribution is 0.0689. The van der Waals surface area contributed by atoms with Crippen LogP contribution in [0.4, 0.5) is 0 Å². The Bertz CT molecular complexity index is 706. The molecular formula is C14H15N3O4. The Morgan fingerprint density at radius 1 is 1.38 bits per heavy atom. The number of aromatic nitrogens is 2. The second kappa shape index (κ2) is 5.66. The number of benzene rings is 1. The minimum Gasteiger partial charge on any atom is -0.493 e. The Morgan fingerprint density at radius 2 is 2.10 bits per heavy atom. The van der Waals surface area contributed by atoms with Crippen LogP contribution in [0.3, 0.4) is 0 Å². The van der Waals surface area contributed by atoms with Gasteiger partial charge in [0.05, 0.1) is 17.9 Å². The molecule has 1 aromatic heterocycles. The molecule has 1 amide bonds. The molecule has 2 aromatic rings. The number of hydrogen-bond acceptors (Lipinski definition) is 4. The van der Waals surface area contributed by atoms with Gasteiger partial charge in [0.15, 0.2) is 5.69 Å². The molecule has 21 heavy (non-hydrogen) atoms. The minimum absolute atomic E-state index is 0.0676. The van der Waals surface area contributed by atoms with Gasteiger partial charge in [-0.1, -0.05) is 0 Å². The van der Waals surface area contributed by atoms with Crippen molar-refractivity contribution < 1.29 is 19.4 Å². The third-order valence-corrected chi connectivity index (χ3v) is 2.88. The van der Waals surface area contributed by atoms with Crippen molar-refractivity contribution in [2.75, 3.05) is 6.61 Å². The van der Waals surface area contributed by atoms with Crippen molar-refractivity contribution in [1.82, 2.24) is 9.78 Å². The summed E-state index contributed by atoms with van der Waals surface area (Å²) in [5, 5.41) is 12.9. The average Bonchev–Trinajstić information content (AvgIpc) is 2.81. The lowest BCUT2D eigenvalue weighted by Crippen LogP contribution is -2.14. The molecule has 0 aliphatic rings. The number of carbonyl (C=O) groups excluding carboxylic acids is 1. The van der Waals surface area contributed by atoms with E-state index in [0.29, 0.717) is 23.7 Å². The van der Waals surface area contributed by atoms with Crippen molar-refractivity contribution in [3.05, 3.63) is 41.2 Å². The van der Waals surface area contributed by atoms with Crippen molar-refractivity contribution >= 4 is 11.9 Å². The highest BCUT2D eigenvalue weighted by atomic mass is 16.5. The molecule has 3 N–H and O–H groups in total. The fraction of sp³-hybridized carbons (Fsp3) is 0.214. The van der Waals surface area contributed by atoms with Crippen LogP contribution in [0.15, 0.2) is 24.3 Å². The number of amides is 1. The molecule has 2 rings (SSSR count). The number of hydrogen-bond donors (Lipinski definition) is 2. The molecule has 0 bridgehead atoms. The first-order valence-electron chi connectivity index (χ1n) is 6.31. The zero-order valence-corrected chi connectivity index (χ0v) is 11.7. The fourth-order valence-corrected chi connectivity index (χ4v) is 1.96. The first-order chi connectivity index (χ1) is 9.93. The van der Waals surface area contributed by atoms with Crippen LogP contribution in [-0.2, 0) is 0 Å². The molecular weight excluding hydrogens is 274 g/mol. The molecule has 7 heteroatoms. The van der Waals surface area contributed by atoms with Crippen molar-refractivity contribution in [1.29, 1.82) is 0 Å². The van der Waals surface area contributed by atoms with Crippen molar-refractivity contribution in [2.45, 2.75) is 13.8 Å². The molecule has 0 aliphatic carbocycles. The van der Waals surface area contributed by atoms with Gasteiger partial charge in [-0.15, -0.1) is 0 Å². The molecule has 0 saturated carbocycles. The molecule has 7 nitrogen and oxygen atoms in total. The normalized spacial score (nSPS) is 10.4. The van der Waals surface area contributed by atoms with E-state index in [9.17, 15) is 9.59 Å². The van der Waals surface area contributed by atoms with Gasteiger partial charge >= 0.3 is 5.97 Å². The maximum Gasteiger partial charge on any atom is 0.356 e. The van der Waals surface area contributed by atoms with Crippen molar-refractivity contribution in [2.24, 2.45) is 5.73 Å². The van der Waals surface area contributed by atoms with E-state index in [1.807, 2.05) is 0 Å². The van der Waals surface area contributed by atoms with Crippen LogP contribution in [0.1, 0.15) is 33.5 Å². The summed E-state index contributed by atoms with van der Waals surface area (Å²) in [6.07, 6.45) is 0. The Hall–Kier alpha value is -2.83. The molecule has 1 heterocycles. The van der Waals surface area contributed by atoms with E-state index in [-0.39, 0.29) is 11.3 Å². The second-order valence-corrected chi connectivity index (χ2v) is 4.37. The molecule has 0 atom stereocenters. The monoisotopic (exact) mass is 289 g/mol. The minimum atomic E-state index is -1.11. The number of aryl methyl sites for hydroxylation is 1. The summed E-state index contributed by atoms with van der Waals surface area (Å²) >= 11 is 0. The highest BCUT2D eigenvalue weighted by Gasteiger charge is 2.15. The van der Waals surface area contributed by atoms with Crippen LogP contribution >= 0.6 is 0 Å². The molecule has 110 valence electrons. The van der Waals surface area contributed by atoms with Crippen LogP contribution in [0.2, 0.25) is 0 Å². The van der Waals surface area contributed by atoms with Gasteiger partial charge in [-0.2, -0.15) is 5.10 Å². The summed E-state index contributed by atoms with van der Waals surface area (Å²) in [5.41, 5.74) is 6.67. The number of carboxylic acid groups (broad SMARTS) is 1. The number of ether oxygens (including phenoxy) is 1. The van der Waals surface area contributed by atoms with E-state index in [1.54, 1.807) is 26.0 Å². The van der Waals surface area contributed by atoms with Gasteiger partial charge in [0.2, 0.25) is 0 Å². The van der Waals surface area contributed by atoms with E-state index in [0.717, 1.165) is 0 Å². The number of nitrogens with two attached hydrogens (primary N) is 1. The molecule has 0 unspecified atom stereocenters. The zero-order chi connectivity index (χ0) is 15.6. The Labute approximate surface area is 120 Å². The maximum atomic E-state index is 11.5. The summed E-state index contributed by atoms with van der Waals surface area (Å²) in [7, 11) is 0. The summed E-state index contributed by atoms with van der Waals surface area (Å²) in [6, 6.07) is 6.27. The van der Waals surface area contributed by atoms with Crippen LogP contribution in [0.5, 0.6) is 5.75 Å². The Morgan fingerprint density at radius 3 is 2.62 bits per heavy atom. The highest BCUT2D eigenvalue weighted by Crippen LogP contribution is 2.23. The summed E-state index contributed by atoms with van der Waals surface area (Å²) in [6.45, 7) is 3.93. The topological polar surface area (TPSA) is 107 Å². The van der Waals surface area contributed by atoms with E-state index < -0.39 is 11.9 Å². The number of rotatable bonds is 5. The van der Waals surface area contributed by atoms with E-state index in [2.05, 4.69) is 5.10 Å². The number of aromatic carboxylic acids is 1. The lowest BCUT2D eigenvalue weighted by Gasteiger charge is -2.10. The van der Waals surface area contributed by atoms with Gasteiger partial charge in [-0.25, -0.2) is 9.48 Å². The first kappa shape index (κ1) is 14.6. The maximum absolute atomic E-state index is 11.5. The van der Waals surface area contributed by atoms with Crippen LogP contribution in [0.25, 0.3) is 5.69 Å². The summed E-state index contributed by atoms with van der Waals surface area (Å²) < 4.78 is 6.77. The standard InChI is InChI=1S/C14H15N3O4/c1-3-21-12-5-4-9(7-10(12)13(15)18)17-8(2)6-11(16-17)14(19)20/h4-7H,3H2,1-2H3,(H2,15,18)(H,19,20). The average molecular weight is 289 g/mol. The van der Waals surface area contributed by atoms with E-state index in [1.165, 1.54) is 16.8 Å². The summed E-state index contributed by atoms with van der Waals surface area (Å²) in [4.78, 5) is 22.4. The number of carbonyl (C=O) groups is 2. The van der Waals surface area contributed by atoms with E-state index in [4.69, 9.17) is 15.6 Å². The largest absolute Gasteiger partial charge is 0.493 e. The molecule has 1 aromatic carbocycles. The zero-order valence-electron chi connectivity index (χ0n) is 11.7. The van der Waals surface area contributed by atoms with Crippen LogP contribution in [0, 0.1) is 6.92 Å². The molecule has 0 saturated heterocycles. The molecule has 0 aliphatic heterocycles. The van der Waals surface area contributed by atoms with Crippen LogP contribution in [-0.4, -0.2) is 33.4 Å². The smallest absolute Gasteiger partial charge is 0.356 e. The van der Waals surface area contributed by atoms with Crippen LogP contribution < -0.4 is 10.5 Å². The molecule has 0 fully saturated rings. The fourth-order valence-electron chi connectivity index (χ4n) is 1.96. The van der Waals surface area contributed by atoms with Crippen molar-refractivity contribution in [3.8, 4) is 11.4 Å². The van der Waals surface area contributed by atoms with Gasteiger partial charge in [0, 0.05) is 5.69 Å². The van der Waals surface area contributed by atoms with Gasteiger partial charge in [0.25, 0.3) is 5.91 Å². The first-order valence-corrected chi connectivity index (χ1v) is 6.31. The Balaban J connectivity index is 2.52. The number of nitrogens with zero attached hydrogens (tertiary/aromatic N) is 2. The third kappa shape index (κ3) is 2.86. The molecule has 0 radical (unpaired) electrons. The lowest BCUT2D eigenvalue weighted by atomic mass is 10.1. The van der Waals surface area contributed by atoms with Crippen molar-refractivity contribution in [3.63, 3.8) is 0 Å². The van der Waals surface area contributed by atoms with Gasteiger partial charge in [-0.05, 0) is 38.1 Å². The number of carboxylic acids is 1. The molecule has 0 spiro atoms. The second-order valence-electron chi connectivity index (χ2n) is 4.37. The van der Waals surface area contributed by atoms with Gasteiger partial charge in [-0.3, -0.25) is 4.79 Å². The predicted octanol–water partition coefficient (Wildman–Crippen LogP) is 1.38. The number of primary amides is 1. The SMILES string of the molecule is CCOc1ccc(-n2nc(C(=O)O)cc2C)cc1C(N)=O. The summed E-state index contributed by atoms with van der Waals surface area (Å²) in [5.74, 6) is -1.35. The predicted molar refractivity (Wildman–Crippen MR) is 74.9 cm³/mol. The van der Waals surface area contributed by atoms with Gasteiger partial charge in [0.1, 0.15) is 5.75 Å². The Kier molecular flexibility index (Phi) is 3.93. The van der Waals surface area contributed by atoms with E-state index >= 15 is 0 Å². The third-order valence-electron chi connectivity index (χ3n) is 2.88. The highest BCUT2D eigenvalue weighted by molar-refractivity contribution is 5.96. The van der Waals surface area contributed by atoms with Gasteiger partial charge < -0.3 is 15.6 Å².